The maximum absolute atomic E-state index is 11.4. The van der Waals surface area contributed by atoms with Crippen LogP contribution in [-0.2, 0) is 6.42 Å². The Kier molecular flexibility index (Phi) is 2.07. The third-order valence-corrected chi connectivity index (χ3v) is 2.78. The number of carboxylic acids is 1. The highest BCUT2D eigenvalue weighted by Gasteiger charge is 2.26. The summed E-state index contributed by atoms with van der Waals surface area (Å²) in [5, 5.41) is 8.96. The van der Waals surface area contributed by atoms with E-state index >= 15 is 0 Å². The number of Topliss-reactive ketones (excluding diaryl/α,β-unsaturated/α-hetero) is 1. The third kappa shape index (κ3) is 1.23. The molecule has 0 amide bonds. The van der Waals surface area contributed by atoms with Crippen LogP contribution in [-0.4, -0.2) is 21.8 Å². The van der Waals surface area contributed by atoms with E-state index in [4.69, 9.17) is 16.7 Å². The summed E-state index contributed by atoms with van der Waals surface area (Å²) < 4.78 is 0. The minimum absolute atomic E-state index is 0.0550. The maximum Gasteiger partial charge on any atom is 0.353 e. The van der Waals surface area contributed by atoms with Crippen molar-refractivity contribution < 1.29 is 14.7 Å². The Balaban J connectivity index is 2.59. The Labute approximate surface area is 84.9 Å². The number of nitrogens with one attached hydrogen (secondary N) is 1. The summed E-state index contributed by atoms with van der Waals surface area (Å²) in [6, 6.07) is 0. The first-order valence-corrected chi connectivity index (χ1v) is 4.66. The van der Waals surface area contributed by atoms with E-state index < -0.39 is 5.97 Å². The van der Waals surface area contributed by atoms with E-state index in [1.54, 1.807) is 0 Å². The SMILES string of the molecule is O=C(O)c1[nH]c2c(c1Cl)CCCC2=O. The van der Waals surface area contributed by atoms with E-state index in [0.29, 0.717) is 24.1 Å². The lowest BCUT2D eigenvalue weighted by molar-refractivity contribution is 0.0691. The van der Waals surface area contributed by atoms with Gasteiger partial charge in [0.25, 0.3) is 0 Å². The Morgan fingerprint density at radius 3 is 2.71 bits per heavy atom. The number of carboxylic acid groups (broad SMARTS) is 1. The fourth-order valence-corrected chi connectivity index (χ4v) is 2.00. The van der Waals surface area contributed by atoms with Crippen LogP contribution >= 0.6 is 11.6 Å². The van der Waals surface area contributed by atoms with Gasteiger partial charge in [0.2, 0.25) is 0 Å². The van der Waals surface area contributed by atoms with Gasteiger partial charge in [-0.3, -0.25) is 4.79 Å². The lowest BCUT2D eigenvalue weighted by atomic mass is 9.97. The molecule has 4 nitrogen and oxygen atoms in total. The van der Waals surface area contributed by atoms with Gasteiger partial charge in [-0.15, -0.1) is 0 Å². The van der Waals surface area contributed by atoms with Crippen LogP contribution in [0.1, 0.15) is 39.4 Å². The zero-order chi connectivity index (χ0) is 10.3. The van der Waals surface area contributed by atoms with Gasteiger partial charge in [0, 0.05) is 12.0 Å². The van der Waals surface area contributed by atoms with E-state index in [1.165, 1.54) is 0 Å². The molecule has 0 aliphatic heterocycles. The fraction of sp³-hybridized carbons (Fsp3) is 0.333. The number of ketones is 1. The van der Waals surface area contributed by atoms with Gasteiger partial charge in [-0.1, -0.05) is 11.6 Å². The summed E-state index contributed by atoms with van der Waals surface area (Å²) in [7, 11) is 0. The second-order valence-corrected chi connectivity index (χ2v) is 3.63. The monoisotopic (exact) mass is 213 g/mol. The van der Waals surface area contributed by atoms with Gasteiger partial charge in [-0.05, 0) is 12.8 Å². The molecule has 0 bridgehead atoms. The molecule has 1 heterocycles. The summed E-state index contributed by atoms with van der Waals surface area (Å²) in [5.74, 6) is -1.18. The van der Waals surface area contributed by atoms with Crippen LogP contribution in [0.5, 0.6) is 0 Å². The highest BCUT2D eigenvalue weighted by atomic mass is 35.5. The molecule has 2 N–H and O–H groups in total. The van der Waals surface area contributed by atoms with E-state index in [9.17, 15) is 9.59 Å². The first-order chi connectivity index (χ1) is 6.61. The van der Waals surface area contributed by atoms with Gasteiger partial charge in [0.15, 0.2) is 5.78 Å². The van der Waals surface area contributed by atoms with E-state index in [2.05, 4.69) is 4.98 Å². The number of fused-ring (bicyclic) bond motifs is 1. The van der Waals surface area contributed by atoms with E-state index in [1.807, 2.05) is 0 Å². The quantitative estimate of drug-likeness (QED) is 0.748. The van der Waals surface area contributed by atoms with E-state index in [0.717, 1.165) is 6.42 Å². The number of aromatic amines is 1. The van der Waals surface area contributed by atoms with Crippen molar-refractivity contribution in [1.82, 2.24) is 4.98 Å². The highest BCUT2D eigenvalue weighted by molar-refractivity contribution is 6.34. The number of aromatic nitrogens is 1. The largest absolute Gasteiger partial charge is 0.477 e. The molecule has 5 heteroatoms. The number of carbonyl (C=O) groups is 2. The minimum atomic E-state index is -1.13. The predicted molar refractivity (Wildman–Crippen MR) is 50.0 cm³/mol. The second kappa shape index (κ2) is 3.13. The normalized spacial score (nSPS) is 15.4. The Bertz CT molecular complexity index is 422. The Morgan fingerprint density at radius 1 is 1.43 bits per heavy atom. The third-order valence-electron chi connectivity index (χ3n) is 2.36. The van der Waals surface area contributed by atoms with E-state index in [-0.39, 0.29) is 16.5 Å². The highest BCUT2D eigenvalue weighted by Crippen LogP contribution is 2.30. The lowest BCUT2D eigenvalue weighted by Gasteiger charge is -2.08. The number of halogens is 1. The van der Waals surface area contributed by atoms with Crippen molar-refractivity contribution in [2.24, 2.45) is 0 Å². The smallest absolute Gasteiger partial charge is 0.353 e. The molecule has 1 aromatic rings. The van der Waals surface area contributed by atoms with Crippen LogP contribution in [0.4, 0.5) is 0 Å². The molecule has 0 aromatic carbocycles. The summed E-state index contributed by atoms with van der Waals surface area (Å²) in [6.45, 7) is 0. The van der Waals surface area contributed by atoms with Gasteiger partial charge in [0.1, 0.15) is 5.69 Å². The number of H-pyrrole nitrogens is 1. The van der Waals surface area contributed by atoms with Crippen molar-refractivity contribution >= 4 is 23.4 Å². The first kappa shape index (κ1) is 9.27. The summed E-state index contributed by atoms with van der Waals surface area (Å²) >= 11 is 5.84. The van der Waals surface area contributed by atoms with Crippen LogP contribution < -0.4 is 0 Å². The minimum Gasteiger partial charge on any atom is -0.477 e. The topological polar surface area (TPSA) is 70.2 Å². The molecule has 0 saturated carbocycles. The van der Waals surface area contributed by atoms with Crippen molar-refractivity contribution in [3.63, 3.8) is 0 Å². The molecule has 0 saturated heterocycles. The Hall–Kier alpha value is -1.29. The van der Waals surface area contributed by atoms with Gasteiger partial charge in [0.05, 0.1) is 10.7 Å². The van der Waals surface area contributed by atoms with Crippen molar-refractivity contribution in [2.45, 2.75) is 19.3 Å². The average molecular weight is 214 g/mol. The van der Waals surface area contributed by atoms with Crippen molar-refractivity contribution in [2.75, 3.05) is 0 Å². The molecule has 0 spiro atoms. The average Bonchev–Trinajstić information content (AvgIpc) is 2.46. The molecular formula is C9H8ClNO3. The molecule has 0 atom stereocenters. The molecule has 0 fully saturated rings. The van der Waals surface area contributed by atoms with Gasteiger partial charge >= 0.3 is 5.97 Å². The molecule has 1 aliphatic carbocycles. The molecule has 1 aliphatic rings. The van der Waals surface area contributed by atoms with Gasteiger partial charge < -0.3 is 10.1 Å². The predicted octanol–water partition coefficient (Wildman–Crippen LogP) is 1.89. The summed E-state index contributed by atoms with van der Waals surface area (Å²) in [4.78, 5) is 24.7. The molecule has 1 aromatic heterocycles. The summed E-state index contributed by atoms with van der Waals surface area (Å²) in [5.41, 5.74) is 0.950. The number of carbonyl (C=O) groups excluding carboxylic acids is 1. The van der Waals surface area contributed by atoms with Crippen molar-refractivity contribution in [3.8, 4) is 0 Å². The zero-order valence-electron chi connectivity index (χ0n) is 7.26. The number of hydrogen-bond donors (Lipinski definition) is 2. The summed E-state index contributed by atoms with van der Waals surface area (Å²) in [6.07, 6.45) is 1.87. The Morgan fingerprint density at radius 2 is 2.14 bits per heavy atom. The second-order valence-electron chi connectivity index (χ2n) is 3.25. The fourth-order valence-electron chi connectivity index (χ4n) is 1.69. The molecule has 2 rings (SSSR count). The molecule has 14 heavy (non-hydrogen) atoms. The molecule has 0 unspecified atom stereocenters. The van der Waals surface area contributed by atoms with Crippen molar-refractivity contribution in [1.29, 1.82) is 0 Å². The van der Waals surface area contributed by atoms with Gasteiger partial charge in [-0.2, -0.15) is 0 Å². The van der Waals surface area contributed by atoms with Crippen molar-refractivity contribution in [3.05, 3.63) is 22.0 Å². The molecule has 74 valence electrons. The lowest BCUT2D eigenvalue weighted by Crippen LogP contribution is -2.09. The van der Waals surface area contributed by atoms with Crippen LogP contribution in [0.2, 0.25) is 5.02 Å². The standard InChI is InChI=1S/C9H8ClNO3/c10-6-4-2-1-3-5(12)7(4)11-8(6)9(13)14/h11H,1-3H2,(H,13,14). The van der Waals surface area contributed by atoms with Gasteiger partial charge in [-0.25, -0.2) is 4.79 Å². The number of rotatable bonds is 1. The maximum atomic E-state index is 11.4. The van der Waals surface area contributed by atoms with Crippen LogP contribution in [0.3, 0.4) is 0 Å². The van der Waals surface area contributed by atoms with Crippen LogP contribution in [0, 0.1) is 0 Å². The number of aromatic carboxylic acids is 1. The number of hydrogen-bond acceptors (Lipinski definition) is 2. The van der Waals surface area contributed by atoms with Crippen LogP contribution in [0.25, 0.3) is 0 Å². The first-order valence-electron chi connectivity index (χ1n) is 4.28. The molecular weight excluding hydrogens is 206 g/mol. The van der Waals surface area contributed by atoms with Crippen LogP contribution in [0.15, 0.2) is 0 Å². The molecule has 0 radical (unpaired) electrons. The zero-order valence-corrected chi connectivity index (χ0v) is 8.02.